The van der Waals surface area contributed by atoms with Crippen LogP contribution in [0, 0.1) is 0 Å². The topological polar surface area (TPSA) is 93.2 Å². The fourth-order valence-electron chi connectivity index (χ4n) is 5.43. The Morgan fingerprint density at radius 2 is 1.72 bits per heavy atom. The van der Waals surface area contributed by atoms with Crippen LogP contribution in [0.4, 0.5) is 0 Å². The number of amides is 1. The zero-order chi connectivity index (χ0) is 27.7. The third kappa shape index (κ3) is 4.87. The number of aryl methyl sites for hydroxylation is 2. The molecule has 0 unspecified atom stereocenters. The van der Waals surface area contributed by atoms with E-state index in [1.54, 1.807) is 20.2 Å². The molecule has 5 rings (SSSR count). The Hall–Kier alpha value is -4.20. The summed E-state index contributed by atoms with van der Waals surface area (Å²) in [6.07, 6.45) is 4.01. The molecule has 0 aliphatic carbocycles. The predicted molar refractivity (Wildman–Crippen MR) is 152 cm³/mol. The van der Waals surface area contributed by atoms with Crippen molar-refractivity contribution in [2.24, 2.45) is 0 Å². The summed E-state index contributed by atoms with van der Waals surface area (Å²) < 4.78 is 3.34. The lowest BCUT2D eigenvalue weighted by atomic mass is 9.99. The molecule has 8 nitrogen and oxygen atoms in total. The molecule has 202 valence electrons. The number of para-hydroxylation sites is 1. The SMILES string of the molecule is CCc1cccc(CC)c1-n1c(-c2ccn(C(C)C)n2)nc(=O)c(C(=O)N2CC[C@@H](c3ccccc3)C2)c1O. The van der Waals surface area contributed by atoms with Gasteiger partial charge < -0.3 is 10.0 Å². The number of rotatable bonds is 7. The van der Waals surface area contributed by atoms with Crippen molar-refractivity contribution in [1.29, 1.82) is 0 Å². The van der Waals surface area contributed by atoms with Crippen LogP contribution in [0.3, 0.4) is 0 Å². The highest BCUT2D eigenvalue weighted by Gasteiger charge is 2.33. The van der Waals surface area contributed by atoms with Crippen molar-refractivity contribution in [1.82, 2.24) is 24.2 Å². The second kappa shape index (κ2) is 10.9. The maximum atomic E-state index is 13.8. The van der Waals surface area contributed by atoms with Gasteiger partial charge in [0.1, 0.15) is 5.69 Å². The molecule has 0 bridgehead atoms. The van der Waals surface area contributed by atoms with E-state index >= 15 is 0 Å². The van der Waals surface area contributed by atoms with Crippen LogP contribution in [-0.2, 0) is 12.8 Å². The second-order valence-electron chi connectivity index (χ2n) is 10.3. The Morgan fingerprint density at radius 1 is 1.03 bits per heavy atom. The number of hydrogen-bond acceptors (Lipinski definition) is 5. The van der Waals surface area contributed by atoms with Crippen molar-refractivity contribution in [2.75, 3.05) is 13.1 Å². The van der Waals surface area contributed by atoms with Gasteiger partial charge in [-0.15, -0.1) is 0 Å². The molecule has 4 aromatic rings. The van der Waals surface area contributed by atoms with Crippen LogP contribution in [0.15, 0.2) is 65.6 Å². The lowest BCUT2D eigenvalue weighted by Gasteiger charge is -2.23. The van der Waals surface area contributed by atoms with Gasteiger partial charge in [-0.2, -0.15) is 10.1 Å². The normalized spacial score (nSPS) is 15.3. The van der Waals surface area contributed by atoms with Gasteiger partial charge >= 0.3 is 0 Å². The Morgan fingerprint density at radius 3 is 2.33 bits per heavy atom. The second-order valence-corrected chi connectivity index (χ2v) is 10.3. The monoisotopic (exact) mass is 525 g/mol. The van der Waals surface area contributed by atoms with E-state index in [0.29, 0.717) is 31.6 Å². The summed E-state index contributed by atoms with van der Waals surface area (Å²) in [5, 5.41) is 16.4. The Kier molecular flexibility index (Phi) is 7.37. The average Bonchev–Trinajstić information content (AvgIpc) is 3.64. The van der Waals surface area contributed by atoms with Gasteiger partial charge in [0.25, 0.3) is 11.5 Å². The van der Waals surface area contributed by atoms with Crippen LogP contribution >= 0.6 is 0 Å². The van der Waals surface area contributed by atoms with Crippen molar-refractivity contribution in [3.8, 4) is 23.1 Å². The fraction of sp³-hybridized carbons (Fsp3) is 0.355. The number of hydrogen-bond donors (Lipinski definition) is 1. The van der Waals surface area contributed by atoms with Gasteiger partial charge in [-0.05, 0) is 55.9 Å². The maximum Gasteiger partial charge on any atom is 0.290 e. The third-order valence-corrected chi connectivity index (χ3v) is 7.58. The fourth-order valence-corrected chi connectivity index (χ4v) is 5.43. The summed E-state index contributed by atoms with van der Waals surface area (Å²) in [7, 11) is 0. The van der Waals surface area contributed by atoms with Gasteiger partial charge in [0, 0.05) is 31.2 Å². The van der Waals surface area contributed by atoms with Gasteiger partial charge in [0.05, 0.1) is 5.69 Å². The van der Waals surface area contributed by atoms with E-state index in [1.165, 1.54) is 0 Å². The maximum absolute atomic E-state index is 13.8. The van der Waals surface area contributed by atoms with E-state index in [2.05, 4.69) is 22.2 Å². The van der Waals surface area contributed by atoms with Gasteiger partial charge in [-0.25, -0.2) is 0 Å². The molecule has 1 atom stereocenters. The average molecular weight is 526 g/mol. The van der Waals surface area contributed by atoms with Crippen molar-refractivity contribution >= 4 is 5.91 Å². The molecular formula is C31H35N5O3. The molecule has 1 aliphatic heterocycles. The number of aromatic hydroxyl groups is 1. The number of benzene rings is 2. The summed E-state index contributed by atoms with van der Waals surface area (Å²) >= 11 is 0. The van der Waals surface area contributed by atoms with Crippen molar-refractivity contribution in [3.63, 3.8) is 0 Å². The summed E-state index contributed by atoms with van der Waals surface area (Å²) in [6.45, 7) is 9.09. The number of carbonyl (C=O) groups is 1. The van der Waals surface area contributed by atoms with E-state index in [9.17, 15) is 14.7 Å². The molecule has 1 N–H and O–H groups in total. The summed E-state index contributed by atoms with van der Waals surface area (Å²) in [6, 6.07) is 17.9. The van der Waals surface area contributed by atoms with Crippen LogP contribution in [0.1, 0.15) is 73.1 Å². The summed E-state index contributed by atoms with van der Waals surface area (Å²) in [4.78, 5) is 33.3. The molecule has 1 amide bonds. The largest absolute Gasteiger partial charge is 0.493 e. The molecule has 1 saturated heterocycles. The van der Waals surface area contributed by atoms with E-state index in [1.807, 2.05) is 70.3 Å². The number of nitrogens with zero attached hydrogens (tertiary/aromatic N) is 5. The summed E-state index contributed by atoms with van der Waals surface area (Å²) in [5.41, 5.74) is 3.24. The molecule has 0 spiro atoms. The number of carbonyl (C=O) groups excluding carboxylic acids is 1. The molecule has 8 heteroatoms. The van der Waals surface area contributed by atoms with Gasteiger partial charge in [-0.1, -0.05) is 62.4 Å². The van der Waals surface area contributed by atoms with Gasteiger partial charge in [0.15, 0.2) is 11.4 Å². The van der Waals surface area contributed by atoms with Crippen LogP contribution in [-0.4, -0.2) is 48.3 Å². The van der Waals surface area contributed by atoms with Gasteiger partial charge in [-0.3, -0.25) is 18.8 Å². The number of aromatic nitrogens is 4. The lowest BCUT2D eigenvalue weighted by molar-refractivity contribution is 0.0784. The zero-order valence-electron chi connectivity index (χ0n) is 23.0. The first-order chi connectivity index (χ1) is 18.8. The molecule has 39 heavy (non-hydrogen) atoms. The Bertz CT molecular complexity index is 1530. The summed E-state index contributed by atoms with van der Waals surface area (Å²) in [5.74, 6) is -0.497. The minimum Gasteiger partial charge on any atom is -0.493 e. The Labute approximate surface area is 228 Å². The molecular weight excluding hydrogens is 490 g/mol. The third-order valence-electron chi connectivity index (χ3n) is 7.58. The van der Waals surface area contributed by atoms with Gasteiger partial charge in [0.2, 0.25) is 5.88 Å². The smallest absolute Gasteiger partial charge is 0.290 e. The van der Waals surface area contributed by atoms with E-state index < -0.39 is 17.3 Å². The minimum absolute atomic E-state index is 0.107. The van der Waals surface area contributed by atoms with Crippen molar-refractivity contribution in [2.45, 2.75) is 58.9 Å². The molecule has 2 aromatic carbocycles. The first-order valence-corrected chi connectivity index (χ1v) is 13.7. The lowest BCUT2D eigenvalue weighted by Crippen LogP contribution is -2.34. The molecule has 3 heterocycles. The van der Waals surface area contributed by atoms with E-state index in [0.717, 1.165) is 28.8 Å². The van der Waals surface area contributed by atoms with Crippen molar-refractivity contribution in [3.05, 3.63) is 93.4 Å². The van der Waals surface area contributed by atoms with Crippen LogP contribution in [0.2, 0.25) is 0 Å². The zero-order valence-corrected chi connectivity index (χ0v) is 23.0. The van der Waals surface area contributed by atoms with Crippen LogP contribution in [0.25, 0.3) is 17.2 Å². The molecule has 1 fully saturated rings. The van der Waals surface area contributed by atoms with Crippen molar-refractivity contribution < 1.29 is 9.90 Å². The highest BCUT2D eigenvalue weighted by atomic mass is 16.3. The predicted octanol–water partition coefficient (Wildman–Crippen LogP) is 5.14. The highest BCUT2D eigenvalue weighted by molar-refractivity contribution is 5.96. The molecule has 1 aliphatic rings. The van der Waals surface area contributed by atoms with Crippen LogP contribution in [0.5, 0.6) is 5.88 Å². The van der Waals surface area contributed by atoms with Crippen LogP contribution < -0.4 is 5.56 Å². The minimum atomic E-state index is -0.752. The van der Waals surface area contributed by atoms with E-state index in [4.69, 9.17) is 0 Å². The first kappa shape index (κ1) is 26.4. The highest BCUT2D eigenvalue weighted by Crippen LogP contribution is 2.34. The molecule has 0 radical (unpaired) electrons. The molecule has 2 aromatic heterocycles. The van der Waals surface area contributed by atoms with E-state index in [-0.39, 0.29) is 23.3 Å². The first-order valence-electron chi connectivity index (χ1n) is 13.7. The standard InChI is InChI=1S/C31H35N5O3/c1-5-21-13-10-14-22(6-2)27(21)36-28(25-16-18-35(33-25)20(3)4)32-29(37)26(31(36)39)30(38)34-17-15-24(19-34)23-11-8-7-9-12-23/h7-14,16,18,20,24,39H,5-6,15,17,19H2,1-4H3/t24-/m1/s1. The molecule has 0 saturated carbocycles. The Balaban J connectivity index is 1.67. The number of likely N-dealkylation sites (tertiary alicyclic amines) is 1. The quantitative estimate of drug-likeness (QED) is 0.361.